The molecular weight excluding hydrogens is 244 g/mol. The van der Waals surface area contributed by atoms with Crippen molar-refractivity contribution in [2.75, 3.05) is 0 Å². The van der Waals surface area contributed by atoms with Gasteiger partial charge >= 0.3 is 0 Å². The second kappa shape index (κ2) is 3.72. The first-order valence-electron chi connectivity index (χ1n) is 8.78. The second-order valence-corrected chi connectivity index (χ2v) is 8.50. The van der Waals surface area contributed by atoms with Gasteiger partial charge in [0.25, 0.3) is 0 Å². The summed E-state index contributed by atoms with van der Waals surface area (Å²) in [7, 11) is 0. The summed E-state index contributed by atoms with van der Waals surface area (Å²) in [6.07, 6.45) is 15.1. The molecule has 1 heterocycles. The van der Waals surface area contributed by atoms with Gasteiger partial charge in [-0.3, -0.25) is 0 Å². The van der Waals surface area contributed by atoms with Gasteiger partial charge in [0.1, 0.15) is 5.76 Å². The average Bonchev–Trinajstić information content (AvgIpc) is 3.03. The van der Waals surface area contributed by atoms with Crippen molar-refractivity contribution >= 4 is 0 Å². The van der Waals surface area contributed by atoms with E-state index in [4.69, 9.17) is 4.42 Å². The Kier molecular flexibility index (Phi) is 2.21. The van der Waals surface area contributed by atoms with Crippen molar-refractivity contribution in [3.8, 4) is 0 Å². The molecule has 20 heavy (non-hydrogen) atoms. The molecule has 0 saturated heterocycles. The Labute approximate surface area is 122 Å². The molecule has 0 N–H and O–H groups in total. The van der Waals surface area contributed by atoms with E-state index >= 15 is 0 Å². The molecule has 3 fully saturated rings. The summed E-state index contributed by atoms with van der Waals surface area (Å²) in [5.41, 5.74) is 2.88. The average molecular weight is 270 g/mol. The van der Waals surface area contributed by atoms with Crippen molar-refractivity contribution in [1.29, 1.82) is 0 Å². The molecule has 1 aromatic rings. The Morgan fingerprint density at radius 3 is 2.95 bits per heavy atom. The van der Waals surface area contributed by atoms with E-state index in [2.05, 4.69) is 13.0 Å². The Morgan fingerprint density at radius 2 is 2.00 bits per heavy atom. The number of rotatable bonds is 0. The molecule has 5 rings (SSSR count). The molecule has 0 aliphatic heterocycles. The van der Waals surface area contributed by atoms with Crippen LogP contribution >= 0.6 is 0 Å². The fraction of sp³-hybridized carbons (Fsp3) is 0.789. The van der Waals surface area contributed by atoms with Crippen molar-refractivity contribution in [1.82, 2.24) is 0 Å². The molecule has 3 saturated carbocycles. The van der Waals surface area contributed by atoms with E-state index in [1.807, 2.05) is 6.26 Å². The number of aryl methyl sites for hydroxylation is 1. The smallest absolute Gasteiger partial charge is 0.107 e. The summed E-state index contributed by atoms with van der Waals surface area (Å²) >= 11 is 0. The summed E-state index contributed by atoms with van der Waals surface area (Å²) in [5.74, 6) is 4.18. The molecular formula is C19H26O. The van der Waals surface area contributed by atoms with Gasteiger partial charge in [0, 0.05) is 6.42 Å². The summed E-state index contributed by atoms with van der Waals surface area (Å²) in [4.78, 5) is 0. The highest BCUT2D eigenvalue weighted by atomic mass is 16.3. The number of hydrogen-bond donors (Lipinski definition) is 0. The predicted molar refractivity (Wildman–Crippen MR) is 79.6 cm³/mol. The van der Waals surface area contributed by atoms with Gasteiger partial charge in [-0.1, -0.05) is 13.3 Å². The van der Waals surface area contributed by atoms with Gasteiger partial charge in [0.15, 0.2) is 0 Å². The van der Waals surface area contributed by atoms with Crippen LogP contribution in [0.1, 0.15) is 75.5 Å². The molecule has 2 bridgehead atoms. The SMILES string of the molecule is C[C@@]12CCc3occc3C1CC[C@]13CCC(CCC12)C3. The third-order valence-electron chi connectivity index (χ3n) is 7.92. The quantitative estimate of drug-likeness (QED) is 0.623. The first-order chi connectivity index (χ1) is 9.71. The molecule has 1 heteroatoms. The molecule has 0 radical (unpaired) electrons. The first kappa shape index (κ1) is 11.9. The zero-order chi connectivity index (χ0) is 13.4. The highest BCUT2D eigenvalue weighted by molar-refractivity contribution is 5.31. The molecule has 1 nitrogen and oxygen atoms in total. The Morgan fingerprint density at radius 1 is 1.10 bits per heavy atom. The molecule has 1 spiro atoms. The fourth-order valence-electron chi connectivity index (χ4n) is 7.08. The third-order valence-corrected chi connectivity index (χ3v) is 7.92. The van der Waals surface area contributed by atoms with Crippen LogP contribution in [-0.4, -0.2) is 0 Å². The molecule has 4 aliphatic carbocycles. The third kappa shape index (κ3) is 1.30. The van der Waals surface area contributed by atoms with Crippen molar-refractivity contribution < 1.29 is 4.42 Å². The second-order valence-electron chi connectivity index (χ2n) is 8.50. The van der Waals surface area contributed by atoms with E-state index in [9.17, 15) is 0 Å². The fourth-order valence-corrected chi connectivity index (χ4v) is 7.08. The van der Waals surface area contributed by atoms with E-state index in [1.54, 1.807) is 18.4 Å². The molecule has 0 aromatic carbocycles. The van der Waals surface area contributed by atoms with Gasteiger partial charge in [-0.2, -0.15) is 0 Å². The van der Waals surface area contributed by atoms with Crippen molar-refractivity contribution in [3.05, 3.63) is 23.7 Å². The van der Waals surface area contributed by atoms with Crippen LogP contribution in [0.15, 0.2) is 16.7 Å². The van der Waals surface area contributed by atoms with Gasteiger partial charge in [-0.05, 0) is 85.2 Å². The minimum Gasteiger partial charge on any atom is -0.469 e. The van der Waals surface area contributed by atoms with Crippen LogP contribution in [0.5, 0.6) is 0 Å². The van der Waals surface area contributed by atoms with Crippen LogP contribution in [0.4, 0.5) is 0 Å². The lowest BCUT2D eigenvalue weighted by Gasteiger charge is -2.59. The standard InChI is InChI=1S/C19H26O/c1-18-8-6-16-14(7-11-20-16)15(18)5-10-19-9-4-13(12-19)2-3-17(18)19/h7,11,13,15,17H,2-6,8-10,12H2,1H3/t13?,15?,17?,18-,19+/m1/s1. The number of furan rings is 1. The van der Waals surface area contributed by atoms with Gasteiger partial charge in [0.2, 0.25) is 0 Å². The van der Waals surface area contributed by atoms with Crippen LogP contribution in [0.3, 0.4) is 0 Å². The molecule has 0 amide bonds. The highest BCUT2D eigenvalue weighted by Crippen LogP contribution is 2.70. The predicted octanol–water partition coefficient (Wildman–Crippen LogP) is 5.31. The van der Waals surface area contributed by atoms with E-state index in [-0.39, 0.29) is 0 Å². The largest absolute Gasteiger partial charge is 0.469 e. The zero-order valence-electron chi connectivity index (χ0n) is 12.7. The highest BCUT2D eigenvalue weighted by Gasteiger charge is 2.60. The monoisotopic (exact) mass is 270 g/mol. The summed E-state index contributed by atoms with van der Waals surface area (Å²) < 4.78 is 5.75. The minimum absolute atomic E-state index is 0.560. The lowest BCUT2D eigenvalue weighted by Crippen LogP contribution is -2.50. The normalized spacial score (nSPS) is 49.4. The van der Waals surface area contributed by atoms with E-state index in [0.29, 0.717) is 5.41 Å². The van der Waals surface area contributed by atoms with Crippen LogP contribution in [0.2, 0.25) is 0 Å². The van der Waals surface area contributed by atoms with Crippen molar-refractivity contribution in [3.63, 3.8) is 0 Å². The van der Waals surface area contributed by atoms with Gasteiger partial charge in [-0.15, -0.1) is 0 Å². The Bertz CT molecular complexity index is 544. The lowest BCUT2D eigenvalue weighted by molar-refractivity contribution is -0.0692. The van der Waals surface area contributed by atoms with Crippen LogP contribution in [-0.2, 0) is 6.42 Å². The van der Waals surface area contributed by atoms with Gasteiger partial charge in [0.05, 0.1) is 6.26 Å². The van der Waals surface area contributed by atoms with E-state index in [0.717, 1.165) is 23.2 Å². The maximum Gasteiger partial charge on any atom is 0.107 e. The molecule has 5 atom stereocenters. The first-order valence-corrected chi connectivity index (χ1v) is 8.78. The molecule has 1 aromatic heterocycles. The van der Waals surface area contributed by atoms with Crippen molar-refractivity contribution in [2.45, 2.75) is 70.6 Å². The topological polar surface area (TPSA) is 13.1 Å². The minimum atomic E-state index is 0.560. The van der Waals surface area contributed by atoms with Crippen LogP contribution in [0, 0.1) is 22.7 Å². The van der Waals surface area contributed by atoms with E-state index < -0.39 is 0 Å². The lowest BCUT2D eigenvalue weighted by atomic mass is 9.45. The van der Waals surface area contributed by atoms with Crippen LogP contribution in [0.25, 0.3) is 0 Å². The van der Waals surface area contributed by atoms with Crippen molar-refractivity contribution in [2.24, 2.45) is 22.7 Å². The van der Waals surface area contributed by atoms with E-state index in [1.165, 1.54) is 50.7 Å². The summed E-state index contributed by atoms with van der Waals surface area (Å²) in [5, 5.41) is 0. The van der Waals surface area contributed by atoms with Gasteiger partial charge in [-0.25, -0.2) is 0 Å². The number of hydrogen-bond acceptors (Lipinski definition) is 1. The summed E-state index contributed by atoms with van der Waals surface area (Å²) in [6.45, 7) is 2.64. The number of fused-ring (bicyclic) bond motifs is 5. The Hall–Kier alpha value is -0.720. The molecule has 108 valence electrons. The van der Waals surface area contributed by atoms with Crippen LogP contribution < -0.4 is 0 Å². The van der Waals surface area contributed by atoms with Gasteiger partial charge < -0.3 is 4.42 Å². The maximum atomic E-state index is 5.75. The molecule has 4 aliphatic rings. The molecule has 3 unspecified atom stereocenters. The zero-order valence-corrected chi connectivity index (χ0v) is 12.7. The maximum absolute atomic E-state index is 5.75. The Balaban J connectivity index is 1.60. The summed E-state index contributed by atoms with van der Waals surface area (Å²) in [6, 6.07) is 2.29.